The summed E-state index contributed by atoms with van der Waals surface area (Å²) in [4.78, 5) is 73.1. The lowest BCUT2D eigenvalue weighted by Gasteiger charge is -2.46. The fraction of sp³-hybridized carbons (Fsp3) is 0.421. The predicted octanol–water partition coefficient (Wildman–Crippen LogP) is 3.60. The van der Waals surface area contributed by atoms with Crippen molar-refractivity contribution in [1.29, 1.82) is 0 Å². The summed E-state index contributed by atoms with van der Waals surface area (Å²) >= 11 is 0. The van der Waals surface area contributed by atoms with Crippen molar-refractivity contribution in [3.63, 3.8) is 0 Å². The molecule has 6 atom stereocenters. The van der Waals surface area contributed by atoms with Crippen LogP contribution in [0.2, 0.25) is 0 Å². The van der Waals surface area contributed by atoms with E-state index in [9.17, 15) is 28.8 Å². The Labute approximate surface area is 309 Å². The smallest absolute Gasteiger partial charge is 0.336 e. The number of carbonyl (C=O) groups is 5. The van der Waals surface area contributed by atoms with Crippen LogP contribution in [0.25, 0.3) is 17.0 Å². The van der Waals surface area contributed by atoms with Gasteiger partial charge in [0.25, 0.3) is 0 Å². The molecule has 0 spiro atoms. The first-order chi connectivity index (χ1) is 25.5. The van der Waals surface area contributed by atoms with Gasteiger partial charge in [-0.1, -0.05) is 6.07 Å². The van der Waals surface area contributed by atoms with Gasteiger partial charge in [0, 0.05) is 57.7 Å². The molecular formula is C38H40O16. The monoisotopic (exact) mass is 752 g/mol. The van der Waals surface area contributed by atoms with Crippen LogP contribution in [0.3, 0.4) is 0 Å². The van der Waals surface area contributed by atoms with Gasteiger partial charge in [-0.3, -0.25) is 19.2 Å². The SMILES string of the molecule is COc1cc(/C=C/C(=O)OC[C@H]2O[C@@H](OC(C)(C)[C@H]3Cc4cc5ccc(=O)oc5cc4O3)[C@H](OC(C)=O)[C@@H](OC(C)=O)[C@@H]2OC(C)=O)ccc1OC(C)=O. The molecule has 1 aromatic heterocycles. The lowest BCUT2D eigenvalue weighted by Crippen LogP contribution is -2.64. The minimum atomic E-state index is -1.47. The average molecular weight is 753 g/mol. The lowest BCUT2D eigenvalue weighted by atomic mass is 9.94. The van der Waals surface area contributed by atoms with E-state index in [1.807, 2.05) is 6.07 Å². The summed E-state index contributed by atoms with van der Waals surface area (Å²) in [5, 5.41) is 0.701. The maximum atomic E-state index is 12.9. The number of hydrogen-bond acceptors (Lipinski definition) is 16. The molecule has 3 aromatic rings. The van der Waals surface area contributed by atoms with E-state index in [1.165, 1.54) is 38.3 Å². The number of methoxy groups -OCH3 is 1. The molecule has 0 bridgehead atoms. The van der Waals surface area contributed by atoms with Crippen molar-refractivity contribution in [2.75, 3.05) is 13.7 Å². The molecule has 0 aliphatic carbocycles. The lowest BCUT2D eigenvalue weighted by molar-refractivity contribution is -0.333. The van der Waals surface area contributed by atoms with Crippen molar-refractivity contribution in [2.45, 2.75) is 90.4 Å². The summed E-state index contributed by atoms with van der Waals surface area (Å²) in [5.41, 5.74) is -0.0277. The van der Waals surface area contributed by atoms with Crippen LogP contribution < -0.4 is 19.8 Å². The van der Waals surface area contributed by atoms with Gasteiger partial charge in [-0.2, -0.15) is 0 Å². The summed E-state index contributed by atoms with van der Waals surface area (Å²) in [5.74, 6) is -2.80. The zero-order chi connectivity index (χ0) is 39.3. The van der Waals surface area contributed by atoms with E-state index in [0.717, 1.165) is 32.4 Å². The molecule has 0 N–H and O–H groups in total. The number of esters is 5. The molecule has 54 heavy (non-hydrogen) atoms. The van der Waals surface area contributed by atoms with E-state index in [1.54, 1.807) is 32.0 Å². The Morgan fingerprint density at radius 2 is 1.52 bits per heavy atom. The molecule has 0 radical (unpaired) electrons. The van der Waals surface area contributed by atoms with Crippen molar-refractivity contribution in [1.82, 2.24) is 0 Å². The number of carbonyl (C=O) groups excluding carboxylic acids is 5. The van der Waals surface area contributed by atoms with Gasteiger partial charge in [0.2, 0.25) is 0 Å². The number of hydrogen-bond donors (Lipinski definition) is 0. The second-order valence-corrected chi connectivity index (χ2v) is 13.0. The summed E-state index contributed by atoms with van der Waals surface area (Å²) in [6.07, 6.45) is -4.80. The van der Waals surface area contributed by atoms with Gasteiger partial charge in [-0.15, -0.1) is 0 Å². The minimum Gasteiger partial charge on any atom is -0.493 e. The van der Waals surface area contributed by atoms with Crippen LogP contribution in [-0.2, 0) is 58.8 Å². The topological polar surface area (TPSA) is 199 Å². The summed E-state index contributed by atoms with van der Waals surface area (Å²) < 4.78 is 56.7. The van der Waals surface area contributed by atoms with Crippen LogP contribution in [0.1, 0.15) is 52.7 Å². The number of fused-ring (bicyclic) bond motifs is 2. The maximum absolute atomic E-state index is 12.9. The highest BCUT2D eigenvalue weighted by atomic mass is 16.7. The number of ether oxygens (including phenoxy) is 9. The summed E-state index contributed by atoms with van der Waals surface area (Å²) in [6.45, 7) is 7.52. The van der Waals surface area contributed by atoms with Gasteiger partial charge in [-0.25, -0.2) is 9.59 Å². The number of benzene rings is 2. The van der Waals surface area contributed by atoms with Gasteiger partial charge in [0.15, 0.2) is 36.1 Å². The largest absolute Gasteiger partial charge is 0.493 e. The van der Waals surface area contributed by atoms with Crippen LogP contribution in [0.4, 0.5) is 0 Å². The highest BCUT2D eigenvalue weighted by Gasteiger charge is 2.55. The van der Waals surface area contributed by atoms with E-state index < -0.39 is 84.5 Å². The zero-order valence-electron chi connectivity index (χ0n) is 30.6. The van der Waals surface area contributed by atoms with Crippen LogP contribution in [0.5, 0.6) is 17.2 Å². The third-order valence-electron chi connectivity index (χ3n) is 8.41. The molecule has 0 unspecified atom stereocenters. The van der Waals surface area contributed by atoms with Crippen molar-refractivity contribution in [3.05, 3.63) is 70.1 Å². The van der Waals surface area contributed by atoms with Crippen molar-refractivity contribution >= 4 is 46.9 Å². The highest BCUT2D eigenvalue weighted by Crippen LogP contribution is 2.39. The molecule has 2 aliphatic heterocycles. The van der Waals surface area contributed by atoms with E-state index in [-0.39, 0.29) is 11.5 Å². The molecule has 16 heteroatoms. The average Bonchev–Trinajstić information content (AvgIpc) is 3.51. The molecule has 1 fully saturated rings. The Kier molecular flexibility index (Phi) is 12.1. The van der Waals surface area contributed by atoms with Gasteiger partial charge < -0.3 is 47.0 Å². The highest BCUT2D eigenvalue weighted by molar-refractivity contribution is 5.87. The molecule has 2 aromatic carbocycles. The Balaban J connectivity index is 1.38. The zero-order valence-corrected chi connectivity index (χ0v) is 30.6. The molecule has 2 aliphatic rings. The maximum Gasteiger partial charge on any atom is 0.336 e. The van der Waals surface area contributed by atoms with Crippen LogP contribution in [0.15, 0.2) is 57.8 Å². The van der Waals surface area contributed by atoms with Crippen LogP contribution in [-0.4, -0.2) is 86.0 Å². The van der Waals surface area contributed by atoms with E-state index in [4.69, 9.17) is 47.0 Å². The van der Waals surface area contributed by atoms with Crippen molar-refractivity contribution in [3.8, 4) is 17.2 Å². The molecule has 5 rings (SSSR count). The minimum absolute atomic E-state index is 0.192. The Hall–Kier alpha value is -5.74. The molecule has 288 valence electrons. The summed E-state index contributed by atoms with van der Waals surface area (Å²) in [7, 11) is 1.39. The molecule has 16 nitrogen and oxygen atoms in total. The Morgan fingerprint density at radius 1 is 0.833 bits per heavy atom. The standard InChI is InChI=1S/C38H40O16/c1-19(39)47-26-11-8-23(14-29(26)45-7)9-12-32(43)46-18-30-34(48-20(2)40)35(49-21(3)41)36(50-22(4)42)37(53-30)54-38(5,6)31-16-25-15-24-10-13-33(44)52-27(24)17-28(25)51-31/h8-15,17,30-31,34-37H,16,18H2,1-7H3/b12-9+/t30-,31-,34-,35+,36-,37+/m1/s1. The normalized spacial score (nSPS) is 22.1. The van der Waals surface area contributed by atoms with E-state index in [0.29, 0.717) is 28.7 Å². The molecule has 1 saturated heterocycles. The van der Waals surface area contributed by atoms with Gasteiger partial charge >= 0.3 is 35.5 Å². The first kappa shape index (κ1) is 39.5. The fourth-order valence-corrected chi connectivity index (χ4v) is 6.06. The summed E-state index contributed by atoms with van der Waals surface area (Å²) in [6, 6.07) is 11.1. The predicted molar refractivity (Wildman–Crippen MR) is 185 cm³/mol. The molecular weight excluding hydrogens is 712 g/mol. The molecule has 3 heterocycles. The molecule has 0 saturated carbocycles. The third-order valence-corrected chi connectivity index (χ3v) is 8.41. The van der Waals surface area contributed by atoms with Crippen molar-refractivity contribution < 1.29 is 71.0 Å². The van der Waals surface area contributed by atoms with E-state index >= 15 is 0 Å². The van der Waals surface area contributed by atoms with E-state index in [2.05, 4.69) is 0 Å². The van der Waals surface area contributed by atoms with Crippen molar-refractivity contribution in [2.24, 2.45) is 0 Å². The Bertz CT molecular complexity index is 2010. The second-order valence-electron chi connectivity index (χ2n) is 13.0. The number of rotatable bonds is 12. The van der Waals surface area contributed by atoms with Gasteiger partial charge in [0.05, 0.1) is 7.11 Å². The van der Waals surface area contributed by atoms with Crippen LogP contribution in [0, 0.1) is 0 Å². The van der Waals surface area contributed by atoms with Gasteiger partial charge in [0.1, 0.15) is 35.7 Å². The first-order valence-electron chi connectivity index (χ1n) is 16.8. The quantitative estimate of drug-likeness (QED) is 0.0854. The fourth-order valence-electron chi connectivity index (χ4n) is 6.06. The third kappa shape index (κ3) is 9.62. The van der Waals surface area contributed by atoms with Crippen LogP contribution >= 0.6 is 0 Å². The first-order valence-corrected chi connectivity index (χ1v) is 16.8. The van der Waals surface area contributed by atoms with Gasteiger partial charge in [-0.05, 0) is 55.3 Å². The molecule has 0 amide bonds. The second kappa shape index (κ2) is 16.5. The Morgan fingerprint density at radius 3 is 2.19 bits per heavy atom.